The predicted octanol–water partition coefficient (Wildman–Crippen LogP) is 1.84. The molecule has 0 bridgehead atoms. The molecule has 134 valence electrons. The molecule has 2 aromatic rings. The number of hydrogen-bond acceptors (Lipinski definition) is 5. The van der Waals surface area contributed by atoms with Crippen LogP contribution in [0.2, 0.25) is 0 Å². The summed E-state index contributed by atoms with van der Waals surface area (Å²) in [6.07, 6.45) is 12.3. The van der Waals surface area contributed by atoms with Gasteiger partial charge in [-0.05, 0) is 58.3 Å². The van der Waals surface area contributed by atoms with Gasteiger partial charge in [0.2, 0.25) is 0 Å². The summed E-state index contributed by atoms with van der Waals surface area (Å²) < 4.78 is 2.02. The van der Waals surface area contributed by atoms with Gasteiger partial charge in [0.05, 0.1) is 5.69 Å². The molecular weight excluding hydrogens is 312 g/mol. The second-order valence-electron chi connectivity index (χ2n) is 7.60. The smallest absolute Gasteiger partial charge is 0.160 e. The lowest BCUT2D eigenvalue weighted by atomic mass is 10.0. The molecular formula is C19H28N6. The van der Waals surface area contributed by atoms with Crippen LogP contribution < -0.4 is 0 Å². The van der Waals surface area contributed by atoms with E-state index in [9.17, 15) is 0 Å². The van der Waals surface area contributed by atoms with Crippen molar-refractivity contribution in [1.29, 1.82) is 0 Å². The molecule has 0 saturated carbocycles. The summed E-state index contributed by atoms with van der Waals surface area (Å²) in [5.41, 5.74) is 2.03. The molecule has 2 fully saturated rings. The van der Waals surface area contributed by atoms with E-state index in [1.807, 2.05) is 30.2 Å². The molecule has 6 nitrogen and oxygen atoms in total. The first-order valence-corrected chi connectivity index (χ1v) is 9.41. The largest absolute Gasteiger partial charge is 0.333 e. The first-order valence-electron chi connectivity index (χ1n) is 9.41. The molecule has 25 heavy (non-hydrogen) atoms. The van der Waals surface area contributed by atoms with Crippen molar-refractivity contribution in [2.75, 3.05) is 33.2 Å². The molecule has 2 saturated heterocycles. The van der Waals surface area contributed by atoms with Crippen LogP contribution in [0.25, 0.3) is 11.5 Å². The number of likely N-dealkylation sites (tertiary alicyclic amines) is 2. The highest BCUT2D eigenvalue weighted by Crippen LogP contribution is 2.28. The maximum Gasteiger partial charge on any atom is 0.160 e. The topological polar surface area (TPSA) is 50.1 Å². The van der Waals surface area contributed by atoms with Gasteiger partial charge in [-0.1, -0.05) is 0 Å². The van der Waals surface area contributed by atoms with Crippen molar-refractivity contribution < 1.29 is 0 Å². The Labute approximate surface area is 149 Å². The second-order valence-corrected chi connectivity index (χ2v) is 7.60. The van der Waals surface area contributed by atoms with Gasteiger partial charge in [-0.2, -0.15) is 0 Å². The molecule has 0 aliphatic carbocycles. The second kappa shape index (κ2) is 7.22. The van der Waals surface area contributed by atoms with Gasteiger partial charge in [-0.15, -0.1) is 0 Å². The highest BCUT2D eigenvalue weighted by Gasteiger charge is 2.30. The minimum absolute atomic E-state index is 0.676. The van der Waals surface area contributed by atoms with Crippen molar-refractivity contribution in [3.8, 4) is 11.5 Å². The van der Waals surface area contributed by atoms with E-state index in [1.165, 1.54) is 45.4 Å². The Morgan fingerprint density at radius 2 is 1.76 bits per heavy atom. The van der Waals surface area contributed by atoms with Gasteiger partial charge in [-0.3, -0.25) is 9.88 Å². The van der Waals surface area contributed by atoms with Crippen LogP contribution in [0.3, 0.4) is 0 Å². The van der Waals surface area contributed by atoms with E-state index in [1.54, 1.807) is 6.20 Å². The Morgan fingerprint density at radius 1 is 0.960 bits per heavy atom. The van der Waals surface area contributed by atoms with Gasteiger partial charge in [-0.25, -0.2) is 9.97 Å². The summed E-state index contributed by atoms with van der Waals surface area (Å²) in [6.45, 7) is 4.90. The Bertz CT molecular complexity index is 703. The molecule has 2 aliphatic heterocycles. The molecule has 1 atom stereocenters. The van der Waals surface area contributed by atoms with Crippen LogP contribution in [-0.4, -0.2) is 68.6 Å². The van der Waals surface area contributed by atoms with Gasteiger partial charge in [0.1, 0.15) is 5.69 Å². The summed E-state index contributed by atoms with van der Waals surface area (Å²) >= 11 is 0. The Hall–Kier alpha value is -1.79. The zero-order valence-corrected chi connectivity index (χ0v) is 15.3. The maximum atomic E-state index is 4.65. The normalized spacial score (nSPS) is 23.4. The number of aromatic nitrogens is 4. The molecule has 0 radical (unpaired) electrons. The molecule has 4 rings (SSSR count). The van der Waals surface area contributed by atoms with E-state index in [2.05, 4.69) is 31.8 Å². The van der Waals surface area contributed by atoms with Gasteiger partial charge in [0.25, 0.3) is 0 Å². The van der Waals surface area contributed by atoms with Crippen LogP contribution in [-0.2, 0) is 13.5 Å². The summed E-state index contributed by atoms with van der Waals surface area (Å²) in [7, 11) is 4.24. The zero-order valence-electron chi connectivity index (χ0n) is 15.3. The fourth-order valence-corrected chi connectivity index (χ4v) is 4.29. The summed E-state index contributed by atoms with van der Waals surface area (Å²) in [4.78, 5) is 18.8. The van der Waals surface area contributed by atoms with E-state index in [4.69, 9.17) is 0 Å². The van der Waals surface area contributed by atoms with Crippen molar-refractivity contribution in [1.82, 2.24) is 29.3 Å². The van der Waals surface area contributed by atoms with Crippen LogP contribution in [0.15, 0.2) is 24.8 Å². The third-order valence-corrected chi connectivity index (χ3v) is 5.81. The first-order chi connectivity index (χ1) is 12.2. The lowest BCUT2D eigenvalue weighted by molar-refractivity contribution is 0.140. The van der Waals surface area contributed by atoms with Gasteiger partial charge in [0.15, 0.2) is 5.82 Å². The number of hydrogen-bond donors (Lipinski definition) is 0. The lowest BCUT2D eigenvalue weighted by Gasteiger charge is -2.35. The van der Waals surface area contributed by atoms with Crippen molar-refractivity contribution in [2.45, 2.75) is 31.7 Å². The Kier molecular flexibility index (Phi) is 4.81. The number of piperidine rings is 1. The monoisotopic (exact) mass is 340 g/mol. The number of rotatable bonds is 4. The molecule has 4 heterocycles. The number of imidazole rings is 1. The molecule has 0 spiro atoms. The quantitative estimate of drug-likeness (QED) is 0.850. The summed E-state index contributed by atoms with van der Waals surface area (Å²) in [5, 5.41) is 0. The highest BCUT2D eigenvalue weighted by atomic mass is 15.2. The first kappa shape index (κ1) is 16.7. The van der Waals surface area contributed by atoms with Crippen LogP contribution in [0.4, 0.5) is 0 Å². The minimum atomic E-state index is 0.676. The van der Waals surface area contributed by atoms with E-state index < -0.39 is 0 Å². The average molecular weight is 340 g/mol. The minimum Gasteiger partial charge on any atom is -0.333 e. The highest BCUT2D eigenvalue weighted by molar-refractivity contribution is 5.52. The number of nitrogens with zero attached hydrogens (tertiary/aromatic N) is 6. The molecule has 6 heteroatoms. The van der Waals surface area contributed by atoms with Crippen LogP contribution in [0.1, 0.15) is 25.0 Å². The fourth-order valence-electron chi connectivity index (χ4n) is 4.29. The molecule has 2 aliphatic rings. The van der Waals surface area contributed by atoms with Crippen molar-refractivity contribution in [3.63, 3.8) is 0 Å². The fraction of sp³-hybridized carbons (Fsp3) is 0.632. The standard InChI is InChI=1S/C19H28N6/c1-23-9-4-16(5-10-23)25-11-3-15(14-25)13-17-18(21-7-6-20-17)19-22-8-12-24(19)2/h6-8,12,15-16H,3-5,9-11,13-14H2,1-2H3/t15-/m0/s1. The van der Waals surface area contributed by atoms with E-state index in [-0.39, 0.29) is 0 Å². The maximum absolute atomic E-state index is 4.65. The predicted molar refractivity (Wildman–Crippen MR) is 98.1 cm³/mol. The lowest BCUT2D eigenvalue weighted by Crippen LogP contribution is -2.42. The average Bonchev–Trinajstić information content (AvgIpc) is 3.25. The van der Waals surface area contributed by atoms with E-state index in [0.29, 0.717) is 5.92 Å². The van der Waals surface area contributed by atoms with Gasteiger partial charge >= 0.3 is 0 Å². The molecule has 0 amide bonds. The third kappa shape index (κ3) is 3.60. The molecule has 0 N–H and O–H groups in total. The van der Waals surface area contributed by atoms with Crippen molar-refractivity contribution >= 4 is 0 Å². The Morgan fingerprint density at radius 3 is 2.52 bits per heavy atom. The molecule has 0 unspecified atom stereocenters. The van der Waals surface area contributed by atoms with Crippen LogP contribution in [0.5, 0.6) is 0 Å². The van der Waals surface area contributed by atoms with Gasteiger partial charge in [0, 0.05) is 44.4 Å². The molecule has 0 aromatic carbocycles. The van der Waals surface area contributed by atoms with Crippen molar-refractivity contribution in [3.05, 3.63) is 30.5 Å². The number of aryl methyl sites for hydroxylation is 1. The van der Waals surface area contributed by atoms with E-state index in [0.717, 1.165) is 29.7 Å². The molecule has 2 aromatic heterocycles. The van der Waals surface area contributed by atoms with Gasteiger partial charge < -0.3 is 9.47 Å². The summed E-state index contributed by atoms with van der Waals surface area (Å²) in [5.74, 6) is 1.59. The third-order valence-electron chi connectivity index (χ3n) is 5.81. The zero-order chi connectivity index (χ0) is 17.2. The van der Waals surface area contributed by atoms with Crippen LogP contribution in [0, 0.1) is 5.92 Å². The van der Waals surface area contributed by atoms with Crippen molar-refractivity contribution in [2.24, 2.45) is 13.0 Å². The van der Waals surface area contributed by atoms with Crippen LogP contribution >= 0.6 is 0 Å². The summed E-state index contributed by atoms with van der Waals surface area (Å²) in [6, 6.07) is 0.775. The Balaban J connectivity index is 1.43. The van der Waals surface area contributed by atoms with E-state index >= 15 is 0 Å². The SMILES string of the molecule is CN1CCC(N2CC[C@@H](Cc3nccnc3-c3nccn3C)C2)CC1.